The van der Waals surface area contributed by atoms with Crippen LogP contribution in [0.2, 0.25) is 0 Å². The number of hydrogen-bond donors (Lipinski definition) is 2. The molecule has 0 radical (unpaired) electrons. The van der Waals surface area contributed by atoms with E-state index >= 15 is 0 Å². The third-order valence-electron chi connectivity index (χ3n) is 2.64. The lowest BCUT2D eigenvalue weighted by atomic mass is 10.4. The monoisotopic (exact) mass is 275 g/mol. The van der Waals surface area contributed by atoms with Crippen molar-refractivity contribution < 1.29 is 8.42 Å². The minimum Gasteiger partial charge on any atom is -0.338 e. The molecular formula is C10H21N5O2S. The van der Waals surface area contributed by atoms with E-state index in [9.17, 15) is 8.42 Å². The second-order valence-corrected chi connectivity index (χ2v) is 5.93. The summed E-state index contributed by atoms with van der Waals surface area (Å²) in [5, 5.41) is 0. The van der Waals surface area contributed by atoms with Crippen molar-refractivity contribution in [3.8, 4) is 0 Å². The van der Waals surface area contributed by atoms with Crippen LogP contribution in [0.25, 0.3) is 0 Å². The first-order valence-electron chi connectivity index (χ1n) is 5.84. The van der Waals surface area contributed by atoms with Gasteiger partial charge in [0.05, 0.1) is 0 Å². The van der Waals surface area contributed by atoms with E-state index in [1.165, 1.54) is 4.31 Å². The highest BCUT2D eigenvalue weighted by molar-refractivity contribution is 7.87. The molecule has 0 bridgehead atoms. The Kier molecular flexibility index (Phi) is 5.73. The van der Waals surface area contributed by atoms with Gasteiger partial charge in [0.15, 0.2) is 0 Å². The number of aromatic nitrogens is 2. The molecule has 0 atom stereocenters. The SMILES string of the molecule is CN(CCCN)S(=O)(=O)NCCc1nccn1C. The van der Waals surface area contributed by atoms with Crippen LogP contribution in [0.4, 0.5) is 0 Å². The van der Waals surface area contributed by atoms with E-state index < -0.39 is 10.2 Å². The lowest BCUT2D eigenvalue weighted by molar-refractivity contribution is 0.452. The molecule has 0 saturated carbocycles. The molecule has 1 rings (SSSR count). The molecule has 0 aliphatic heterocycles. The van der Waals surface area contributed by atoms with Crippen LogP contribution in [0, 0.1) is 0 Å². The summed E-state index contributed by atoms with van der Waals surface area (Å²) in [4.78, 5) is 4.13. The molecule has 0 unspecified atom stereocenters. The van der Waals surface area contributed by atoms with E-state index in [0.717, 1.165) is 5.82 Å². The molecule has 8 heteroatoms. The number of rotatable bonds is 8. The summed E-state index contributed by atoms with van der Waals surface area (Å²) in [5.74, 6) is 0.849. The fraction of sp³-hybridized carbons (Fsp3) is 0.700. The van der Waals surface area contributed by atoms with Gasteiger partial charge >= 0.3 is 0 Å². The average molecular weight is 275 g/mol. The van der Waals surface area contributed by atoms with Crippen LogP contribution in [0.3, 0.4) is 0 Å². The lowest BCUT2D eigenvalue weighted by Crippen LogP contribution is -2.40. The minimum absolute atomic E-state index is 0.333. The summed E-state index contributed by atoms with van der Waals surface area (Å²) in [6.45, 7) is 1.24. The van der Waals surface area contributed by atoms with Gasteiger partial charge in [-0.3, -0.25) is 0 Å². The summed E-state index contributed by atoms with van der Waals surface area (Å²) >= 11 is 0. The summed E-state index contributed by atoms with van der Waals surface area (Å²) in [7, 11) is 0.0118. The van der Waals surface area contributed by atoms with Gasteiger partial charge in [0.1, 0.15) is 5.82 Å². The first-order chi connectivity index (χ1) is 8.47. The van der Waals surface area contributed by atoms with Gasteiger partial charge < -0.3 is 10.3 Å². The van der Waals surface area contributed by atoms with Crippen LogP contribution in [0.5, 0.6) is 0 Å². The quantitative estimate of drug-likeness (QED) is 0.641. The van der Waals surface area contributed by atoms with Gasteiger partial charge in [-0.2, -0.15) is 12.7 Å². The first kappa shape index (κ1) is 15.1. The Morgan fingerprint density at radius 2 is 2.28 bits per heavy atom. The zero-order chi connectivity index (χ0) is 13.6. The predicted molar refractivity (Wildman–Crippen MR) is 70.1 cm³/mol. The lowest BCUT2D eigenvalue weighted by Gasteiger charge is -2.17. The minimum atomic E-state index is -3.41. The standard InChI is InChI=1S/C10H21N5O2S/c1-14-9-7-12-10(14)4-6-13-18(16,17)15(2)8-3-5-11/h7,9,13H,3-6,8,11H2,1-2H3. The highest BCUT2D eigenvalue weighted by Crippen LogP contribution is 1.98. The van der Waals surface area contributed by atoms with Crippen molar-refractivity contribution in [2.24, 2.45) is 12.8 Å². The van der Waals surface area contributed by atoms with Crippen LogP contribution in [0.15, 0.2) is 12.4 Å². The highest BCUT2D eigenvalue weighted by atomic mass is 32.2. The molecule has 18 heavy (non-hydrogen) atoms. The van der Waals surface area contributed by atoms with E-state index in [4.69, 9.17) is 5.73 Å². The molecule has 0 aliphatic carbocycles. The smallest absolute Gasteiger partial charge is 0.279 e. The molecule has 1 aromatic heterocycles. The zero-order valence-corrected chi connectivity index (χ0v) is 11.7. The first-order valence-corrected chi connectivity index (χ1v) is 7.28. The Hall–Kier alpha value is -0.960. The normalized spacial score (nSPS) is 12.2. The largest absolute Gasteiger partial charge is 0.338 e. The summed E-state index contributed by atoms with van der Waals surface area (Å²) in [6, 6.07) is 0. The van der Waals surface area contributed by atoms with E-state index in [0.29, 0.717) is 32.5 Å². The van der Waals surface area contributed by atoms with Crippen molar-refractivity contribution in [2.45, 2.75) is 12.8 Å². The number of aryl methyl sites for hydroxylation is 1. The molecule has 0 amide bonds. The number of nitrogens with one attached hydrogen (secondary N) is 1. The number of imidazole rings is 1. The molecule has 0 spiro atoms. The number of nitrogens with two attached hydrogens (primary N) is 1. The van der Waals surface area contributed by atoms with Gasteiger partial charge in [-0.1, -0.05) is 0 Å². The maximum atomic E-state index is 11.8. The second-order valence-electron chi connectivity index (χ2n) is 4.07. The molecule has 0 aromatic carbocycles. The van der Waals surface area contributed by atoms with Gasteiger partial charge in [0, 0.05) is 46.0 Å². The fourth-order valence-electron chi connectivity index (χ4n) is 1.47. The molecular weight excluding hydrogens is 254 g/mol. The average Bonchev–Trinajstić information content (AvgIpc) is 2.72. The van der Waals surface area contributed by atoms with Crippen LogP contribution in [-0.4, -0.2) is 49.0 Å². The molecule has 1 heterocycles. The molecule has 104 valence electrons. The molecule has 7 nitrogen and oxygen atoms in total. The second kappa shape index (κ2) is 6.83. The summed E-state index contributed by atoms with van der Waals surface area (Å²) in [5.41, 5.74) is 5.35. The Bertz CT molecular complexity index is 457. The van der Waals surface area contributed by atoms with Gasteiger partial charge in [0.2, 0.25) is 0 Å². The molecule has 0 fully saturated rings. The maximum absolute atomic E-state index is 11.8. The summed E-state index contributed by atoms with van der Waals surface area (Å²) in [6.07, 6.45) is 4.73. The van der Waals surface area contributed by atoms with Gasteiger partial charge in [0.25, 0.3) is 10.2 Å². The van der Waals surface area contributed by atoms with E-state index in [1.807, 2.05) is 17.8 Å². The van der Waals surface area contributed by atoms with Crippen LogP contribution < -0.4 is 10.5 Å². The van der Waals surface area contributed by atoms with E-state index in [-0.39, 0.29) is 0 Å². The van der Waals surface area contributed by atoms with Crippen LogP contribution in [-0.2, 0) is 23.7 Å². The van der Waals surface area contributed by atoms with Crippen molar-refractivity contribution in [3.63, 3.8) is 0 Å². The Balaban J connectivity index is 2.40. The topological polar surface area (TPSA) is 93.2 Å². The van der Waals surface area contributed by atoms with E-state index in [2.05, 4.69) is 9.71 Å². The molecule has 3 N–H and O–H groups in total. The van der Waals surface area contributed by atoms with Gasteiger partial charge in [-0.05, 0) is 13.0 Å². The van der Waals surface area contributed by atoms with Crippen LogP contribution >= 0.6 is 0 Å². The summed E-state index contributed by atoms with van der Waals surface area (Å²) < 4.78 is 29.3. The van der Waals surface area contributed by atoms with Crippen molar-refractivity contribution in [1.29, 1.82) is 0 Å². The van der Waals surface area contributed by atoms with Crippen molar-refractivity contribution in [2.75, 3.05) is 26.7 Å². The Morgan fingerprint density at radius 3 is 2.83 bits per heavy atom. The van der Waals surface area contributed by atoms with Crippen molar-refractivity contribution >= 4 is 10.2 Å². The number of nitrogens with zero attached hydrogens (tertiary/aromatic N) is 3. The van der Waals surface area contributed by atoms with Crippen molar-refractivity contribution in [3.05, 3.63) is 18.2 Å². The third kappa shape index (κ3) is 4.37. The third-order valence-corrected chi connectivity index (χ3v) is 4.21. The Morgan fingerprint density at radius 1 is 1.56 bits per heavy atom. The number of hydrogen-bond acceptors (Lipinski definition) is 4. The van der Waals surface area contributed by atoms with Crippen molar-refractivity contribution in [1.82, 2.24) is 18.6 Å². The zero-order valence-electron chi connectivity index (χ0n) is 10.8. The maximum Gasteiger partial charge on any atom is 0.279 e. The molecule has 1 aromatic rings. The molecule has 0 saturated heterocycles. The highest BCUT2D eigenvalue weighted by Gasteiger charge is 2.16. The van der Waals surface area contributed by atoms with Gasteiger partial charge in [-0.15, -0.1) is 0 Å². The Labute approximate surface area is 108 Å². The van der Waals surface area contributed by atoms with Gasteiger partial charge in [-0.25, -0.2) is 9.71 Å². The fourth-order valence-corrected chi connectivity index (χ4v) is 2.42. The predicted octanol–water partition coefficient (Wildman–Crippen LogP) is -0.922. The van der Waals surface area contributed by atoms with Crippen LogP contribution in [0.1, 0.15) is 12.2 Å². The molecule has 0 aliphatic rings. The van der Waals surface area contributed by atoms with E-state index in [1.54, 1.807) is 13.2 Å².